The Hall–Kier alpha value is -6.03. The molecule has 3 rings (SSSR count). The second kappa shape index (κ2) is 53.7. The van der Waals surface area contributed by atoms with Crippen LogP contribution in [0.4, 0.5) is 9.59 Å². The molecule has 106 heavy (non-hydrogen) atoms. The molecule has 7 unspecified atom stereocenters. The number of nitrogens with one attached hydrogen (secondary N) is 2. The molecule has 2 fully saturated rings. The lowest BCUT2D eigenvalue weighted by atomic mass is 9.80. The highest BCUT2D eigenvalue weighted by Gasteiger charge is 2.44. The third kappa shape index (κ3) is 34.3. The van der Waals surface area contributed by atoms with Gasteiger partial charge in [-0.15, -0.1) is 0 Å². The molecule has 2 aliphatic heterocycles. The van der Waals surface area contributed by atoms with Crippen molar-refractivity contribution in [2.75, 3.05) is 115 Å². The van der Waals surface area contributed by atoms with Gasteiger partial charge in [-0.1, -0.05) is 120 Å². The summed E-state index contributed by atoms with van der Waals surface area (Å²) in [6.07, 6.45) is -1.19. The monoisotopic (exact) mass is 1510 g/mol. The second-order valence-electron chi connectivity index (χ2n) is 28.3. The lowest BCUT2D eigenvalue weighted by Crippen LogP contribution is -2.53. The maximum Gasteiger partial charge on any atom is 0.407 e. The molecule has 7 N–H and O–H groups in total. The van der Waals surface area contributed by atoms with Gasteiger partial charge < -0.3 is 98.2 Å². The number of carbonyl (C=O) groups excluding carboxylic acids is 8. The van der Waals surface area contributed by atoms with E-state index in [1.807, 2.05) is 123 Å². The first kappa shape index (κ1) is 98.0. The van der Waals surface area contributed by atoms with Crippen LogP contribution in [-0.2, 0) is 80.9 Å². The van der Waals surface area contributed by atoms with E-state index in [1.54, 1.807) is 19.1 Å². The molecule has 2 heterocycles. The number of methoxy groups -OCH3 is 4. The molecule has 2 aliphatic rings. The first-order valence-electron chi connectivity index (χ1n) is 37.7. The average molecular weight is 1520 g/mol. The minimum absolute atomic E-state index is 0.0130. The standard InChI is InChI=1S/C58H97N5O13.C11H21NO7.C7H16O4/c1-16-38(7)54(61(13)56(69)44(36(3)4)32-48(66)53(37(5)6)60(11)12)49(72-14)33-51(68)62-29-21-25-45(62)40(9)41(10)47(65)31-39(8)55(42-23-19-18-20-24-42)76-57(70)46-26-22-30-63(46)50(67)27-28-59-58(71)74-35-52(73-15)75-43(17-2)34-64;1-3-8(6-13)19-10(17-2)7-18-11(16)12-5-4-9(14)15;1-3-6(4-8)11-7(5-9)10-2/h18-20,23-24,36-41,43-46,49,52-55,64H,16-17,21-22,25-35H2,1-15H3,(H,59,71);8,10,13H,3-7H2,1-2H3,(H,12,16)(H,14,15);6-9H,3-5H2,1-2H3/t38-,39-,40+,41+,43?,44?,45-,46+,49+,52?,53-,54-,55+;;/m0../s1. The normalized spacial score (nSPS) is 18.7. The topological polar surface area (TPSA) is 384 Å². The van der Waals surface area contributed by atoms with Crippen molar-refractivity contribution >= 4 is 53.4 Å². The van der Waals surface area contributed by atoms with Crippen molar-refractivity contribution in [3.63, 3.8) is 0 Å². The van der Waals surface area contributed by atoms with Crippen molar-refractivity contribution in [2.45, 2.75) is 240 Å². The number of aliphatic carboxylic acids is 1. The van der Waals surface area contributed by atoms with Gasteiger partial charge in [-0.3, -0.25) is 33.7 Å². The number of alkyl carbamates (subject to hydrolysis) is 2. The number of carbonyl (C=O) groups is 9. The van der Waals surface area contributed by atoms with Crippen molar-refractivity contribution in [1.82, 2.24) is 30.2 Å². The van der Waals surface area contributed by atoms with Gasteiger partial charge in [-0.05, 0) is 88.3 Å². The highest BCUT2D eigenvalue weighted by atomic mass is 16.7. The molecule has 1 aromatic rings. The van der Waals surface area contributed by atoms with Crippen molar-refractivity contribution in [3.8, 4) is 0 Å². The summed E-state index contributed by atoms with van der Waals surface area (Å²) >= 11 is 0. The number of carboxylic acid groups (broad SMARTS) is 1. The van der Waals surface area contributed by atoms with E-state index in [4.69, 9.17) is 67.8 Å². The zero-order chi connectivity index (χ0) is 80.3. The van der Waals surface area contributed by atoms with E-state index in [9.17, 15) is 48.3 Å². The number of benzene rings is 1. The Morgan fingerprint density at radius 3 is 1.51 bits per heavy atom. The molecule has 5 amide bonds. The molecule has 0 saturated carbocycles. The van der Waals surface area contributed by atoms with Gasteiger partial charge in [0.15, 0.2) is 24.7 Å². The summed E-state index contributed by atoms with van der Waals surface area (Å²) in [6, 6.07) is 7.48. The van der Waals surface area contributed by atoms with Gasteiger partial charge in [0, 0.05) is 105 Å². The Labute approximate surface area is 630 Å². The first-order valence-corrected chi connectivity index (χ1v) is 37.7. The summed E-state index contributed by atoms with van der Waals surface area (Å²) in [7, 11) is 11.4. The van der Waals surface area contributed by atoms with E-state index in [0.717, 1.165) is 24.8 Å². The third-order valence-corrected chi connectivity index (χ3v) is 19.8. The quantitative estimate of drug-likeness (QED) is 0.0201. The maximum atomic E-state index is 14.5. The number of aliphatic hydroxyl groups is 4. The van der Waals surface area contributed by atoms with Crippen LogP contribution in [0.25, 0.3) is 0 Å². The van der Waals surface area contributed by atoms with Crippen LogP contribution >= 0.6 is 0 Å². The maximum absolute atomic E-state index is 14.5. The van der Waals surface area contributed by atoms with E-state index >= 15 is 0 Å². The van der Waals surface area contributed by atoms with Crippen LogP contribution in [0.1, 0.15) is 178 Å². The van der Waals surface area contributed by atoms with Crippen LogP contribution in [0, 0.1) is 41.4 Å². The average Bonchev–Trinajstić information content (AvgIpc) is 1.22. The first-order chi connectivity index (χ1) is 50.3. The fourth-order valence-corrected chi connectivity index (χ4v) is 13.1. The lowest BCUT2D eigenvalue weighted by Gasteiger charge is -2.41. The number of aliphatic hydroxyl groups excluding tert-OH is 4. The van der Waals surface area contributed by atoms with Gasteiger partial charge >= 0.3 is 24.1 Å². The molecule has 17 atom stereocenters. The smallest absolute Gasteiger partial charge is 0.407 e. The Balaban J connectivity index is 0.00000154. The van der Waals surface area contributed by atoms with Crippen LogP contribution in [0.15, 0.2) is 30.3 Å². The predicted octanol–water partition coefficient (Wildman–Crippen LogP) is 6.78. The molecule has 0 spiro atoms. The van der Waals surface area contributed by atoms with Crippen LogP contribution in [0.2, 0.25) is 0 Å². The zero-order valence-electron chi connectivity index (χ0n) is 66.9. The fraction of sp³-hybridized carbons (Fsp3) is 0.803. The Bertz CT molecular complexity index is 2650. The van der Waals surface area contributed by atoms with Gasteiger partial charge in [0.25, 0.3) is 0 Å². The number of rotatable bonds is 49. The summed E-state index contributed by atoms with van der Waals surface area (Å²) in [5.41, 5.74) is 0.721. The molecule has 612 valence electrons. The van der Waals surface area contributed by atoms with E-state index in [-0.39, 0.29) is 162 Å². The molecule has 0 radical (unpaired) electrons. The van der Waals surface area contributed by atoms with Gasteiger partial charge in [0.1, 0.15) is 31.1 Å². The number of Topliss-reactive ketones (excluding diaryl/α,β-unsaturated/α-hetero) is 2. The van der Waals surface area contributed by atoms with Gasteiger partial charge in [-0.25, -0.2) is 14.4 Å². The predicted molar refractivity (Wildman–Crippen MR) is 395 cm³/mol. The molecule has 0 aliphatic carbocycles. The zero-order valence-corrected chi connectivity index (χ0v) is 66.9. The molecule has 30 nitrogen and oxygen atoms in total. The van der Waals surface area contributed by atoms with E-state index < -0.39 is 91.1 Å². The molecule has 0 bridgehead atoms. The number of likely N-dealkylation sites (tertiary alicyclic amines) is 2. The number of likely N-dealkylation sites (N-methyl/N-ethyl adjacent to an activating group) is 2. The van der Waals surface area contributed by atoms with Crippen LogP contribution in [0.5, 0.6) is 0 Å². The van der Waals surface area contributed by atoms with Gasteiger partial charge in [-0.2, -0.15) is 0 Å². The minimum atomic E-state index is -1.01. The van der Waals surface area contributed by atoms with Crippen LogP contribution in [-0.4, -0.2) is 281 Å². The number of amides is 5. The van der Waals surface area contributed by atoms with E-state index in [0.29, 0.717) is 45.2 Å². The number of hydrogen-bond donors (Lipinski definition) is 7. The largest absolute Gasteiger partial charge is 0.481 e. The Morgan fingerprint density at radius 1 is 0.566 bits per heavy atom. The molecular formula is C76H134N6O24. The summed E-state index contributed by atoms with van der Waals surface area (Å²) in [6.45, 7) is 23.4. The van der Waals surface area contributed by atoms with Crippen molar-refractivity contribution in [3.05, 3.63) is 35.9 Å². The third-order valence-electron chi connectivity index (χ3n) is 19.8. The SMILES string of the molecule is CCC(CO)OC(CO)OC.CCC(CO)OC(COC(=O)NCCC(=O)N1CCC[C@@H]1C(=O)O[C@@H](c1ccccc1)[C@@H](C)CC(=O)[C@H](C)[C@@H](C)[C@@H]1CCCN1C(=O)C[C@@H](OC)[C@H]([C@@H](C)CC)N(C)C(=O)C(CC(=O)[C@H](C(C)C)N(C)C)C(C)C)OC.CCC(CO)OC(COC(=O)NCCC(=O)O)OC. The fourth-order valence-electron chi connectivity index (χ4n) is 13.1. The second-order valence-corrected chi connectivity index (χ2v) is 28.3. The number of esters is 1. The summed E-state index contributed by atoms with van der Waals surface area (Å²) in [5, 5.41) is 48.9. The minimum Gasteiger partial charge on any atom is -0.481 e. The number of carboxylic acids is 1. The highest BCUT2D eigenvalue weighted by Crippen LogP contribution is 2.36. The van der Waals surface area contributed by atoms with Crippen molar-refractivity contribution in [2.24, 2.45) is 41.4 Å². The molecule has 2 saturated heterocycles. The van der Waals surface area contributed by atoms with Gasteiger partial charge in [0.05, 0.1) is 75.8 Å². The number of hydrogen-bond acceptors (Lipinski definition) is 24. The van der Waals surface area contributed by atoms with Crippen molar-refractivity contribution < 1.29 is 116 Å². The number of nitrogens with zero attached hydrogens (tertiary/aromatic N) is 4. The Kier molecular flexibility index (Phi) is 49.7. The molecule has 1 aromatic carbocycles. The highest BCUT2D eigenvalue weighted by molar-refractivity contribution is 5.90. The lowest BCUT2D eigenvalue weighted by molar-refractivity contribution is -0.181. The molecular weight excluding hydrogens is 1380 g/mol. The number of ether oxygens (including phenoxy) is 10. The Morgan fingerprint density at radius 2 is 1.07 bits per heavy atom. The number of ketones is 2. The molecule has 30 heteroatoms. The van der Waals surface area contributed by atoms with Gasteiger partial charge in [0.2, 0.25) is 17.7 Å². The summed E-state index contributed by atoms with van der Waals surface area (Å²) in [5.74, 6) is -3.75. The van der Waals surface area contributed by atoms with Crippen LogP contribution in [0.3, 0.4) is 0 Å². The van der Waals surface area contributed by atoms with E-state index in [2.05, 4.69) is 24.5 Å². The van der Waals surface area contributed by atoms with Crippen LogP contribution < -0.4 is 10.6 Å². The summed E-state index contributed by atoms with van der Waals surface area (Å²) < 4.78 is 53.3. The van der Waals surface area contributed by atoms with Crippen molar-refractivity contribution in [1.29, 1.82) is 0 Å². The molecule has 0 aromatic heterocycles. The summed E-state index contributed by atoms with van der Waals surface area (Å²) in [4.78, 5) is 125. The van der Waals surface area contributed by atoms with E-state index in [1.165, 1.54) is 26.2 Å².